The lowest BCUT2D eigenvalue weighted by Gasteiger charge is -2.18. The molecule has 2 aromatic heterocycles. The van der Waals surface area contributed by atoms with Crippen LogP contribution in [0.25, 0.3) is 5.69 Å². The monoisotopic (exact) mass is 449 g/mol. The van der Waals surface area contributed by atoms with Crippen molar-refractivity contribution in [3.05, 3.63) is 101 Å². The normalized spacial score (nSPS) is 11.2. The molecule has 0 aliphatic heterocycles. The van der Waals surface area contributed by atoms with Gasteiger partial charge in [0.1, 0.15) is 0 Å². The van der Waals surface area contributed by atoms with Crippen LogP contribution >= 0.6 is 23.4 Å². The zero-order valence-corrected chi connectivity index (χ0v) is 19.1. The van der Waals surface area contributed by atoms with Crippen LogP contribution in [0.1, 0.15) is 22.5 Å². The van der Waals surface area contributed by atoms with Gasteiger partial charge in [-0.3, -0.25) is 14.5 Å². The summed E-state index contributed by atoms with van der Waals surface area (Å²) < 4.78 is 2.10. The summed E-state index contributed by atoms with van der Waals surface area (Å²) >= 11 is 7.94. The number of aromatic nitrogens is 4. The first kappa shape index (κ1) is 21.6. The van der Waals surface area contributed by atoms with E-state index in [-0.39, 0.29) is 0 Å². The summed E-state index contributed by atoms with van der Waals surface area (Å²) in [6.45, 7) is 3.62. The Hall–Kier alpha value is -2.67. The Kier molecular flexibility index (Phi) is 7.02. The molecule has 31 heavy (non-hydrogen) atoms. The molecule has 2 aromatic carbocycles. The Morgan fingerprint density at radius 2 is 1.74 bits per heavy atom. The zero-order chi connectivity index (χ0) is 21.6. The Morgan fingerprint density at radius 3 is 2.52 bits per heavy atom. The predicted molar refractivity (Wildman–Crippen MR) is 127 cm³/mol. The van der Waals surface area contributed by atoms with E-state index >= 15 is 0 Å². The first-order chi connectivity index (χ1) is 15.1. The number of halogens is 1. The lowest BCUT2D eigenvalue weighted by Crippen LogP contribution is -2.20. The minimum Gasteiger partial charge on any atom is -0.295 e. The predicted octanol–water partition coefficient (Wildman–Crippen LogP) is 5.55. The third-order valence-corrected chi connectivity index (χ3v) is 6.07. The number of aryl methyl sites for hydroxylation is 1. The Labute approximate surface area is 192 Å². The molecule has 0 N–H and O–H groups in total. The quantitative estimate of drug-likeness (QED) is 0.330. The summed E-state index contributed by atoms with van der Waals surface area (Å²) in [6, 6.07) is 20.4. The van der Waals surface area contributed by atoms with Crippen molar-refractivity contribution in [1.29, 1.82) is 0 Å². The number of benzene rings is 2. The molecule has 0 bridgehead atoms. The number of pyridine rings is 1. The third kappa shape index (κ3) is 5.73. The van der Waals surface area contributed by atoms with Gasteiger partial charge in [-0.05, 0) is 55.4 Å². The van der Waals surface area contributed by atoms with Gasteiger partial charge in [-0.2, -0.15) is 0 Å². The smallest absolute Gasteiger partial charge is 0.196 e. The highest BCUT2D eigenvalue weighted by atomic mass is 35.5. The van der Waals surface area contributed by atoms with E-state index in [4.69, 9.17) is 11.6 Å². The van der Waals surface area contributed by atoms with Crippen molar-refractivity contribution in [3.63, 3.8) is 0 Å². The fourth-order valence-electron chi connectivity index (χ4n) is 3.42. The standard InChI is InChI=1S/C24H24ClN5S/c1-18-5-3-6-20(13-18)15-29(2)16-23-27-28-24(31-17-19-9-11-26-12-10-19)30(23)22-8-4-7-21(25)14-22/h3-14H,15-17H2,1-2H3. The molecule has 0 saturated heterocycles. The van der Waals surface area contributed by atoms with Crippen LogP contribution in [-0.2, 0) is 18.8 Å². The SMILES string of the molecule is Cc1cccc(CN(C)Cc2nnc(SCc3ccncc3)n2-c2cccc(Cl)c2)c1. The van der Waals surface area contributed by atoms with Crippen LogP contribution in [-0.4, -0.2) is 31.7 Å². The number of rotatable bonds is 8. The first-order valence-electron chi connectivity index (χ1n) is 10.0. The number of hydrogen-bond donors (Lipinski definition) is 0. The van der Waals surface area contributed by atoms with Crippen LogP contribution in [0.15, 0.2) is 78.2 Å². The molecule has 4 aromatic rings. The minimum atomic E-state index is 0.670. The van der Waals surface area contributed by atoms with Crippen LogP contribution < -0.4 is 0 Å². The Balaban J connectivity index is 1.58. The molecule has 5 nitrogen and oxygen atoms in total. The van der Waals surface area contributed by atoms with Crippen molar-refractivity contribution >= 4 is 23.4 Å². The average Bonchev–Trinajstić information content (AvgIpc) is 3.15. The third-order valence-electron chi connectivity index (χ3n) is 4.83. The first-order valence-corrected chi connectivity index (χ1v) is 11.4. The van der Waals surface area contributed by atoms with Gasteiger partial charge in [-0.25, -0.2) is 0 Å². The van der Waals surface area contributed by atoms with E-state index in [9.17, 15) is 0 Å². The summed E-state index contributed by atoms with van der Waals surface area (Å²) in [5.41, 5.74) is 4.71. The van der Waals surface area contributed by atoms with Crippen LogP contribution in [0.3, 0.4) is 0 Å². The second kappa shape index (κ2) is 10.1. The Morgan fingerprint density at radius 1 is 0.935 bits per heavy atom. The van der Waals surface area contributed by atoms with Gasteiger partial charge in [-0.15, -0.1) is 10.2 Å². The molecule has 0 spiro atoms. The van der Waals surface area contributed by atoms with Crippen LogP contribution in [0.4, 0.5) is 0 Å². The molecule has 158 valence electrons. The average molecular weight is 450 g/mol. The maximum absolute atomic E-state index is 6.29. The molecule has 0 aliphatic rings. The summed E-state index contributed by atoms with van der Waals surface area (Å²) in [6.07, 6.45) is 3.62. The van der Waals surface area contributed by atoms with E-state index in [2.05, 4.69) is 62.9 Å². The fourth-order valence-corrected chi connectivity index (χ4v) is 4.53. The highest BCUT2D eigenvalue weighted by Crippen LogP contribution is 2.27. The van der Waals surface area contributed by atoms with Gasteiger partial charge in [0.25, 0.3) is 0 Å². The summed E-state index contributed by atoms with van der Waals surface area (Å²) in [5.74, 6) is 1.68. The van der Waals surface area contributed by atoms with Gasteiger partial charge >= 0.3 is 0 Å². The second-order valence-electron chi connectivity index (χ2n) is 7.52. The topological polar surface area (TPSA) is 46.8 Å². The van der Waals surface area contributed by atoms with E-state index in [0.717, 1.165) is 29.0 Å². The van der Waals surface area contributed by atoms with Crippen molar-refractivity contribution in [2.24, 2.45) is 0 Å². The van der Waals surface area contributed by atoms with Crippen molar-refractivity contribution < 1.29 is 0 Å². The highest BCUT2D eigenvalue weighted by molar-refractivity contribution is 7.98. The van der Waals surface area contributed by atoms with Gasteiger partial charge in [0, 0.05) is 29.7 Å². The van der Waals surface area contributed by atoms with Crippen molar-refractivity contribution in [1.82, 2.24) is 24.6 Å². The number of hydrogen-bond acceptors (Lipinski definition) is 5. The van der Waals surface area contributed by atoms with Crippen molar-refractivity contribution in [2.75, 3.05) is 7.05 Å². The second-order valence-corrected chi connectivity index (χ2v) is 8.90. The van der Waals surface area contributed by atoms with Crippen LogP contribution in [0, 0.1) is 6.92 Å². The van der Waals surface area contributed by atoms with Crippen molar-refractivity contribution in [2.45, 2.75) is 30.9 Å². The molecule has 0 fully saturated rings. The van der Waals surface area contributed by atoms with E-state index in [1.54, 1.807) is 11.8 Å². The van der Waals surface area contributed by atoms with Crippen molar-refractivity contribution in [3.8, 4) is 5.69 Å². The largest absolute Gasteiger partial charge is 0.295 e. The molecule has 7 heteroatoms. The molecule has 0 radical (unpaired) electrons. The highest BCUT2D eigenvalue weighted by Gasteiger charge is 2.17. The molecule has 0 saturated carbocycles. The number of thioether (sulfide) groups is 1. The molecule has 4 rings (SSSR count). The number of nitrogens with zero attached hydrogens (tertiary/aromatic N) is 5. The molecule has 0 amide bonds. The van der Waals surface area contributed by atoms with Crippen LogP contribution in [0.2, 0.25) is 5.02 Å². The van der Waals surface area contributed by atoms with Gasteiger partial charge in [0.05, 0.1) is 12.2 Å². The van der Waals surface area contributed by atoms with Gasteiger partial charge in [0.15, 0.2) is 11.0 Å². The molecular formula is C24H24ClN5S. The summed E-state index contributed by atoms with van der Waals surface area (Å²) in [7, 11) is 2.10. The Bertz CT molecular complexity index is 1150. The van der Waals surface area contributed by atoms with E-state index in [1.807, 2.05) is 48.8 Å². The van der Waals surface area contributed by atoms with Gasteiger partial charge < -0.3 is 0 Å². The lowest BCUT2D eigenvalue weighted by molar-refractivity contribution is 0.308. The zero-order valence-electron chi connectivity index (χ0n) is 17.6. The van der Waals surface area contributed by atoms with Gasteiger partial charge in [0.2, 0.25) is 0 Å². The van der Waals surface area contributed by atoms with Gasteiger partial charge in [-0.1, -0.05) is 59.3 Å². The minimum absolute atomic E-state index is 0.670. The van der Waals surface area contributed by atoms with Crippen LogP contribution in [0.5, 0.6) is 0 Å². The molecule has 0 atom stereocenters. The lowest BCUT2D eigenvalue weighted by atomic mass is 10.1. The maximum Gasteiger partial charge on any atom is 0.196 e. The maximum atomic E-state index is 6.29. The van der Waals surface area contributed by atoms with E-state index < -0.39 is 0 Å². The van der Waals surface area contributed by atoms with E-state index in [0.29, 0.717) is 11.6 Å². The fraction of sp³-hybridized carbons (Fsp3) is 0.208. The molecule has 2 heterocycles. The summed E-state index contributed by atoms with van der Waals surface area (Å²) in [4.78, 5) is 6.34. The molecular weight excluding hydrogens is 426 g/mol. The summed E-state index contributed by atoms with van der Waals surface area (Å²) in [5, 5.41) is 10.6. The molecule has 0 unspecified atom stereocenters. The van der Waals surface area contributed by atoms with E-state index in [1.165, 1.54) is 16.7 Å². The molecule has 0 aliphatic carbocycles.